The molecule has 0 aromatic heterocycles. The molecular formula is C12H24N4O2. The average molecular weight is 256 g/mol. The number of nitrogens with two attached hydrogens (primary N) is 1. The fraction of sp³-hybridized carbons (Fsp3) is 0.917. The summed E-state index contributed by atoms with van der Waals surface area (Å²) in [6.07, 6.45) is 1.04. The second-order valence-electron chi connectivity index (χ2n) is 5.36. The lowest BCUT2D eigenvalue weighted by Gasteiger charge is -2.39. The van der Waals surface area contributed by atoms with Gasteiger partial charge in [-0.25, -0.2) is 10.6 Å². The molecule has 0 radical (unpaired) electrons. The van der Waals surface area contributed by atoms with E-state index >= 15 is 0 Å². The maximum atomic E-state index is 11.9. The number of hydrazine groups is 1. The number of morpholine rings is 1. The Morgan fingerprint density at radius 3 is 2.89 bits per heavy atom. The van der Waals surface area contributed by atoms with Crippen molar-refractivity contribution >= 4 is 6.03 Å². The molecular weight excluding hydrogens is 232 g/mol. The molecule has 0 aromatic carbocycles. The second kappa shape index (κ2) is 5.86. The molecule has 2 aliphatic rings. The van der Waals surface area contributed by atoms with E-state index in [0.29, 0.717) is 19.1 Å². The summed E-state index contributed by atoms with van der Waals surface area (Å²) < 4.78 is 5.75. The highest BCUT2D eigenvalue weighted by molar-refractivity contribution is 5.74. The second-order valence-corrected chi connectivity index (χ2v) is 5.36. The largest absolute Gasteiger partial charge is 0.374 e. The SMILES string of the molecule is CC(C)N1CCOC(CN2CCCN(N)C2=O)C1. The van der Waals surface area contributed by atoms with E-state index in [1.165, 1.54) is 5.01 Å². The van der Waals surface area contributed by atoms with Gasteiger partial charge in [0.15, 0.2) is 0 Å². The van der Waals surface area contributed by atoms with Crippen LogP contribution in [0.1, 0.15) is 20.3 Å². The van der Waals surface area contributed by atoms with Gasteiger partial charge in [0.1, 0.15) is 0 Å². The van der Waals surface area contributed by atoms with Gasteiger partial charge < -0.3 is 9.64 Å². The molecule has 18 heavy (non-hydrogen) atoms. The molecule has 2 saturated heterocycles. The highest BCUT2D eigenvalue weighted by Gasteiger charge is 2.29. The summed E-state index contributed by atoms with van der Waals surface area (Å²) >= 11 is 0. The first-order valence-electron chi connectivity index (χ1n) is 6.74. The lowest BCUT2D eigenvalue weighted by molar-refractivity contribution is -0.0506. The molecule has 2 amide bonds. The van der Waals surface area contributed by atoms with Gasteiger partial charge in [-0.15, -0.1) is 0 Å². The summed E-state index contributed by atoms with van der Waals surface area (Å²) in [4.78, 5) is 16.1. The first kappa shape index (κ1) is 13.6. The third-order valence-corrected chi connectivity index (χ3v) is 3.67. The van der Waals surface area contributed by atoms with Crippen molar-refractivity contribution in [2.75, 3.05) is 39.3 Å². The van der Waals surface area contributed by atoms with Crippen LogP contribution in [0.5, 0.6) is 0 Å². The number of urea groups is 1. The zero-order valence-corrected chi connectivity index (χ0v) is 11.3. The molecule has 2 rings (SSSR count). The lowest BCUT2D eigenvalue weighted by Crippen LogP contribution is -2.56. The predicted octanol–water partition coefficient (Wildman–Crippen LogP) is 0.0970. The summed E-state index contributed by atoms with van der Waals surface area (Å²) in [5, 5.41) is 1.30. The van der Waals surface area contributed by atoms with E-state index in [2.05, 4.69) is 18.7 Å². The van der Waals surface area contributed by atoms with E-state index in [1.807, 2.05) is 0 Å². The number of carbonyl (C=O) groups excluding carboxylic acids is 1. The van der Waals surface area contributed by atoms with Gasteiger partial charge in [-0.2, -0.15) is 0 Å². The quantitative estimate of drug-likeness (QED) is 0.574. The number of amides is 2. The summed E-state index contributed by atoms with van der Waals surface area (Å²) in [5.74, 6) is 5.64. The fourth-order valence-electron chi connectivity index (χ4n) is 2.54. The minimum Gasteiger partial charge on any atom is -0.374 e. The fourth-order valence-corrected chi connectivity index (χ4v) is 2.54. The monoisotopic (exact) mass is 256 g/mol. The lowest BCUT2D eigenvalue weighted by atomic mass is 10.2. The number of carbonyl (C=O) groups is 1. The minimum absolute atomic E-state index is 0.0773. The Morgan fingerprint density at radius 1 is 1.39 bits per heavy atom. The summed E-state index contributed by atoms with van der Waals surface area (Å²) in [5.41, 5.74) is 0. The minimum atomic E-state index is -0.0773. The molecule has 2 fully saturated rings. The van der Waals surface area contributed by atoms with Gasteiger partial charge in [-0.1, -0.05) is 0 Å². The molecule has 1 unspecified atom stereocenters. The van der Waals surface area contributed by atoms with Crippen LogP contribution in [0.4, 0.5) is 4.79 Å². The normalized spacial score (nSPS) is 27.1. The molecule has 0 bridgehead atoms. The molecule has 104 valence electrons. The molecule has 6 heteroatoms. The van der Waals surface area contributed by atoms with E-state index in [-0.39, 0.29) is 12.1 Å². The molecule has 0 aliphatic carbocycles. The van der Waals surface area contributed by atoms with E-state index in [0.717, 1.165) is 32.7 Å². The molecule has 2 aliphatic heterocycles. The van der Waals surface area contributed by atoms with Crippen LogP contribution in [-0.2, 0) is 4.74 Å². The van der Waals surface area contributed by atoms with Crippen LogP contribution in [0, 0.1) is 0 Å². The molecule has 2 heterocycles. The zero-order valence-electron chi connectivity index (χ0n) is 11.3. The van der Waals surface area contributed by atoms with Gasteiger partial charge >= 0.3 is 6.03 Å². The van der Waals surface area contributed by atoms with Crippen molar-refractivity contribution < 1.29 is 9.53 Å². The van der Waals surface area contributed by atoms with Crippen molar-refractivity contribution in [1.29, 1.82) is 0 Å². The smallest absolute Gasteiger partial charge is 0.334 e. The van der Waals surface area contributed by atoms with Crippen LogP contribution < -0.4 is 5.84 Å². The number of nitrogens with zero attached hydrogens (tertiary/aromatic N) is 3. The number of ether oxygens (including phenoxy) is 1. The van der Waals surface area contributed by atoms with Gasteiger partial charge in [0.05, 0.1) is 12.7 Å². The van der Waals surface area contributed by atoms with Crippen LogP contribution in [-0.4, -0.2) is 72.3 Å². The van der Waals surface area contributed by atoms with E-state index in [4.69, 9.17) is 10.6 Å². The van der Waals surface area contributed by atoms with Crippen LogP contribution in [0.3, 0.4) is 0 Å². The Kier molecular flexibility index (Phi) is 4.42. The Bertz CT molecular complexity index is 298. The molecule has 2 N–H and O–H groups in total. The van der Waals surface area contributed by atoms with Crippen LogP contribution in [0.15, 0.2) is 0 Å². The van der Waals surface area contributed by atoms with E-state index < -0.39 is 0 Å². The van der Waals surface area contributed by atoms with Crippen LogP contribution >= 0.6 is 0 Å². The molecule has 0 aromatic rings. The third kappa shape index (κ3) is 3.13. The summed E-state index contributed by atoms with van der Waals surface area (Å²) in [7, 11) is 0. The van der Waals surface area contributed by atoms with E-state index in [9.17, 15) is 4.79 Å². The summed E-state index contributed by atoms with van der Waals surface area (Å²) in [6, 6.07) is 0.450. The highest BCUT2D eigenvalue weighted by Crippen LogP contribution is 2.13. The maximum Gasteiger partial charge on any atom is 0.334 e. The number of rotatable bonds is 3. The number of hydrogen-bond donors (Lipinski definition) is 1. The van der Waals surface area contributed by atoms with Crippen molar-refractivity contribution in [2.24, 2.45) is 5.84 Å². The standard InChI is InChI=1S/C12H24N4O2/c1-10(2)14-6-7-18-11(8-14)9-15-4-3-5-16(13)12(15)17/h10-11H,3-9,13H2,1-2H3. The Hall–Kier alpha value is -0.850. The van der Waals surface area contributed by atoms with Crippen molar-refractivity contribution in [3.05, 3.63) is 0 Å². The molecule has 0 spiro atoms. The zero-order chi connectivity index (χ0) is 13.1. The first-order valence-corrected chi connectivity index (χ1v) is 6.74. The van der Waals surface area contributed by atoms with Gasteiger partial charge in [0.25, 0.3) is 0 Å². The van der Waals surface area contributed by atoms with Gasteiger partial charge in [0.2, 0.25) is 0 Å². The Morgan fingerprint density at radius 2 is 2.17 bits per heavy atom. The molecule has 6 nitrogen and oxygen atoms in total. The van der Waals surface area contributed by atoms with E-state index in [1.54, 1.807) is 4.90 Å². The first-order chi connectivity index (χ1) is 8.58. The van der Waals surface area contributed by atoms with Crippen LogP contribution in [0.2, 0.25) is 0 Å². The van der Waals surface area contributed by atoms with Gasteiger partial charge in [-0.05, 0) is 20.3 Å². The predicted molar refractivity (Wildman–Crippen MR) is 68.9 cm³/mol. The van der Waals surface area contributed by atoms with Crippen molar-refractivity contribution in [1.82, 2.24) is 14.8 Å². The van der Waals surface area contributed by atoms with Gasteiger partial charge in [0, 0.05) is 38.8 Å². The third-order valence-electron chi connectivity index (χ3n) is 3.67. The topological polar surface area (TPSA) is 62.0 Å². The Balaban J connectivity index is 1.86. The number of hydrogen-bond acceptors (Lipinski definition) is 4. The maximum absolute atomic E-state index is 11.9. The molecule has 0 saturated carbocycles. The Labute approximate surface area is 109 Å². The van der Waals surface area contributed by atoms with Crippen molar-refractivity contribution in [2.45, 2.75) is 32.4 Å². The average Bonchev–Trinajstić information content (AvgIpc) is 2.35. The molecule has 1 atom stereocenters. The summed E-state index contributed by atoms with van der Waals surface area (Å²) in [6.45, 7) is 9.09. The van der Waals surface area contributed by atoms with Gasteiger partial charge in [-0.3, -0.25) is 9.91 Å². The van der Waals surface area contributed by atoms with Crippen molar-refractivity contribution in [3.8, 4) is 0 Å². The van der Waals surface area contributed by atoms with Crippen LogP contribution in [0.25, 0.3) is 0 Å². The highest BCUT2D eigenvalue weighted by atomic mass is 16.5. The van der Waals surface area contributed by atoms with Crippen molar-refractivity contribution in [3.63, 3.8) is 0 Å².